The predicted molar refractivity (Wildman–Crippen MR) is 94.5 cm³/mol. The number of aromatic nitrogens is 1. The van der Waals surface area contributed by atoms with E-state index in [1.165, 1.54) is 12.1 Å². The average Bonchev–Trinajstić information content (AvgIpc) is 3.14. The van der Waals surface area contributed by atoms with Crippen LogP contribution in [0.25, 0.3) is 11.3 Å². The molecule has 2 heterocycles. The lowest BCUT2D eigenvalue weighted by molar-refractivity contribution is -0.137. The molecule has 3 nitrogen and oxygen atoms in total. The highest BCUT2D eigenvalue weighted by atomic mass is 32.1. The third kappa shape index (κ3) is 4.70. The molecule has 0 radical (unpaired) electrons. The van der Waals surface area contributed by atoms with E-state index in [4.69, 9.17) is 0 Å². The zero-order valence-electron chi connectivity index (χ0n) is 13.6. The molecular weight excluding hydrogens is 361 g/mol. The van der Waals surface area contributed by atoms with Gasteiger partial charge in [-0.05, 0) is 40.8 Å². The molecule has 3 rings (SSSR count). The van der Waals surface area contributed by atoms with Gasteiger partial charge in [-0.1, -0.05) is 18.2 Å². The number of hydrogen-bond acceptors (Lipinski definition) is 3. The van der Waals surface area contributed by atoms with Gasteiger partial charge in [0.25, 0.3) is 0 Å². The van der Waals surface area contributed by atoms with Crippen molar-refractivity contribution >= 4 is 17.2 Å². The van der Waals surface area contributed by atoms with Crippen molar-refractivity contribution in [1.82, 2.24) is 10.3 Å². The van der Waals surface area contributed by atoms with Gasteiger partial charge in [0.15, 0.2) is 0 Å². The lowest BCUT2D eigenvalue weighted by Gasteiger charge is -2.09. The topological polar surface area (TPSA) is 42.0 Å². The number of alkyl halides is 3. The molecule has 7 heteroatoms. The van der Waals surface area contributed by atoms with Crippen molar-refractivity contribution in [2.75, 3.05) is 0 Å². The van der Waals surface area contributed by atoms with E-state index in [1.807, 2.05) is 22.9 Å². The summed E-state index contributed by atoms with van der Waals surface area (Å²) in [5.41, 5.74) is 2.27. The largest absolute Gasteiger partial charge is 0.416 e. The summed E-state index contributed by atoms with van der Waals surface area (Å²) in [6, 6.07) is 10.4. The Morgan fingerprint density at radius 1 is 1.12 bits per heavy atom. The minimum Gasteiger partial charge on any atom is -0.352 e. The summed E-state index contributed by atoms with van der Waals surface area (Å²) in [6.45, 7) is 0.289. The van der Waals surface area contributed by atoms with Crippen LogP contribution in [0.2, 0.25) is 0 Å². The number of nitrogens with zero attached hydrogens (tertiary/aromatic N) is 1. The molecule has 134 valence electrons. The van der Waals surface area contributed by atoms with Crippen molar-refractivity contribution in [2.45, 2.75) is 19.1 Å². The number of hydrogen-bond donors (Lipinski definition) is 1. The Labute approximate surface area is 152 Å². The minimum absolute atomic E-state index is 0.105. The third-order valence-corrected chi connectivity index (χ3v) is 4.43. The quantitative estimate of drug-likeness (QED) is 0.702. The fourth-order valence-corrected chi connectivity index (χ4v) is 3.11. The molecule has 0 aliphatic heterocycles. The molecule has 3 aromatic rings. The Kier molecular flexibility index (Phi) is 5.37. The molecule has 1 N–H and O–H groups in total. The second kappa shape index (κ2) is 7.70. The molecule has 2 aromatic heterocycles. The fourth-order valence-electron chi connectivity index (χ4n) is 2.46. The number of rotatable bonds is 5. The first-order valence-corrected chi connectivity index (χ1v) is 8.76. The van der Waals surface area contributed by atoms with Gasteiger partial charge >= 0.3 is 6.18 Å². The Hall–Kier alpha value is -2.67. The lowest BCUT2D eigenvalue weighted by atomic mass is 10.1. The van der Waals surface area contributed by atoms with Gasteiger partial charge in [-0.2, -0.15) is 24.5 Å². The maximum atomic E-state index is 12.7. The van der Waals surface area contributed by atoms with Crippen LogP contribution in [0.4, 0.5) is 13.2 Å². The molecule has 0 unspecified atom stereocenters. The van der Waals surface area contributed by atoms with Crippen molar-refractivity contribution < 1.29 is 18.0 Å². The number of carbonyl (C=O) groups excluding carboxylic acids is 1. The zero-order chi connectivity index (χ0) is 18.6. The van der Waals surface area contributed by atoms with E-state index in [-0.39, 0.29) is 18.9 Å². The molecule has 0 aliphatic carbocycles. The van der Waals surface area contributed by atoms with E-state index in [2.05, 4.69) is 10.3 Å². The van der Waals surface area contributed by atoms with E-state index < -0.39 is 11.7 Å². The number of benzene rings is 1. The van der Waals surface area contributed by atoms with Crippen LogP contribution in [0.5, 0.6) is 0 Å². The lowest BCUT2D eigenvalue weighted by Crippen LogP contribution is -2.24. The summed E-state index contributed by atoms with van der Waals surface area (Å²) < 4.78 is 38.2. The third-order valence-electron chi connectivity index (χ3n) is 3.75. The molecule has 0 atom stereocenters. The van der Waals surface area contributed by atoms with E-state index >= 15 is 0 Å². The van der Waals surface area contributed by atoms with Crippen LogP contribution < -0.4 is 5.32 Å². The number of halogens is 3. The Bertz CT molecular complexity index is 892. The van der Waals surface area contributed by atoms with Crippen LogP contribution in [0, 0.1) is 0 Å². The van der Waals surface area contributed by atoms with Crippen molar-refractivity contribution in [3.8, 4) is 11.3 Å². The van der Waals surface area contributed by atoms with Crippen LogP contribution in [-0.4, -0.2) is 10.9 Å². The number of thiophene rings is 1. The first-order chi connectivity index (χ1) is 12.4. The van der Waals surface area contributed by atoms with Crippen molar-refractivity contribution in [3.63, 3.8) is 0 Å². The number of carbonyl (C=O) groups is 1. The first kappa shape index (κ1) is 18.1. The molecule has 0 saturated carbocycles. The van der Waals surface area contributed by atoms with E-state index in [0.717, 1.165) is 29.0 Å². The molecule has 0 bridgehead atoms. The second-order valence-corrected chi connectivity index (χ2v) is 6.49. The maximum absolute atomic E-state index is 12.7. The van der Waals surface area contributed by atoms with Gasteiger partial charge < -0.3 is 5.32 Å². The van der Waals surface area contributed by atoms with Gasteiger partial charge in [0, 0.05) is 23.7 Å². The SMILES string of the molecule is O=C(Cc1cccc(C(F)(F)F)c1)NCc1ccnc(-c2ccsc2)c1. The summed E-state index contributed by atoms with van der Waals surface area (Å²) in [5, 5.41) is 6.68. The Morgan fingerprint density at radius 2 is 1.96 bits per heavy atom. The minimum atomic E-state index is -4.42. The number of nitrogens with one attached hydrogen (secondary N) is 1. The molecule has 1 aromatic carbocycles. The van der Waals surface area contributed by atoms with Crippen LogP contribution in [0.3, 0.4) is 0 Å². The predicted octanol–water partition coefficient (Wildman–Crippen LogP) is 4.69. The summed E-state index contributed by atoms with van der Waals surface area (Å²) >= 11 is 1.57. The molecule has 26 heavy (non-hydrogen) atoms. The monoisotopic (exact) mass is 376 g/mol. The molecule has 0 spiro atoms. The van der Waals surface area contributed by atoms with Gasteiger partial charge in [0.2, 0.25) is 5.91 Å². The fraction of sp³-hybridized carbons (Fsp3) is 0.158. The molecule has 0 fully saturated rings. The smallest absolute Gasteiger partial charge is 0.352 e. The zero-order valence-corrected chi connectivity index (χ0v) is 14.4. The van der Waals surface area contributed by atoms with Crippen molar-refractivity contribution in [2.24, 2.45) is 0 Å². The summed E-state index contributed by atoms with van der Waals surface area (Å²) in [5.74, 6) is -0.335. The van der Waals surface area contributed by atoms with Gasteiger partial charge in [-0.15, -0.1) is 0 Å². The highest BCUT2D eigenvalue weighted by molar-refractivity contribution is 7.08. The Morgan fingerprint density at radius 3 is 2.69 bits per heavy atom. The normalized spacial score (nSPS) is 11.3. The maximum Gasteiger partial charge on any atom is 0.416 e. The van der Waals surface area contributed by atoms with Gasteiger partial charge in [0.05, 0.1) is 17.7 Å². The summed E-state index contributed by atoms with van der Waals surface area (Å²) in [7, 11) is 0. The Balaban J connectivity index is 1.60. The van der Waals surface area contributed by atoms with Gasteiger partial charge in [-0.25, -0.2) is 0 Å². The molecular formula is C19H15F3N2OS. The van der Waals surface area contributed by atoms with Crippen LogP contribution >= 0.6 is 11.3 Å². The van der Waals surface area contributed by atoms with Crippen LogP contribution in [-0.2, 0) is 23.9 Å². The molecule has 0 aliphatic rings. The number of pyridine rings is 1. The molecule has 0 saturated heterocycles. The first-order valence-electron chi connectivity index (χ1n) is 7.82. The second-order valence-electron chi connectivity index (χ2n) is 5.71. The van der Waals surface area contributed by atoms with E-state index in [1.54, 1.807) is 23.6 Å². The van der Waals surface area contributed by atoms with Crippen LogP contribution in [0.1, 0.15) is 16.7 Å². The van der Waals surface area contributed by atoms with Gasteiger partial charge in [-0.3, -0.25) is 9.78 Å². The highest BCUT2D eigenvalue weighted by Gasteiger charge is 2.30. The van der Waals surface area contributed by atoms with Gasteiger partial charge in [0.1, 0.15) is 0 Å². The van der Waals surface area contributed by atoms with Crippen LogP contribution in [0.15, 0.2) is 59.4 Å². The highest BCUT2D eigenvalue weighted by Crippen LogP contribution is 2.29. The van der Waals surface area contributed by atoms with E-state index in [0.29, 0.717) is 5.56 Å². The summed E-state index contributed by atoms with van der Waals surface area (Å²) in [6.07, 6.45) is -2.85. The molecule has 1 amide bonds. The summed E-state index contributed by atoms with van der Waals surface area (Å²) in [4.78, 5) is 16.4. The van der Waals surface area contributed by atoms with Crippen molar-refractivity contribution in [1.29, 1.82) is 0 Å². The average molecular weight is 376 g/mol. The van der Waals surface area contributed by atoms with E-state index in [9.17, 15) is 18.0 Å². The standard InChI is InChI=1S/C19H15F3N2OS/c20-19(21,22)16-3-1-2-13(8-16)10-18(25)24-11-14-4-6-23-17(9-14)15-5-7-26-12-15/h1-9,12H,10-11H2,(H,24,25). The number of amides is 1. The van der Waals surface area contributed by atoms with Crippen molar-refractivity contribution in [3.05, 3.63) is 76.1 Å².